The molecule has 0 N–H and O–H groups in total. The van der Waals surface area contributed by atoms with Crippen LogP contribution >= 0.6 is 0 Å². The number of carbonyl (C=O) groups excluding carboxylic acids is 2. The molecule has 0 spiro atoms. The van der Waals surface area contributed by atoms with Gasteiger partial charge in [-0.2, -0.15) is 5.10 Å². The Morgan fingerprint density at radius 1 is 1.03 bits per heavy atom. The molecule has 8 nitrogen and oxygen atoms in total. The van der Waals surface area contributed by atoms with E-state index < -0.39 is 0 Å². The third-order valence-corrected chi connectivity index (χ3v) is 6.62. The van der Waals surface area contributed by atoms with Crippen LogP contribution in [0.2, 0.25) is 0 Å². The van der Waals surface area contributed by atoms with E-state index in [1.54, 1.807) is 23.9 Å². The quantitative estimate of drug-likeness (QED) is 0.632. The van der Waals surface area contributed by atoms with Crippen LogP contribution in [0.4, 0.5) is 4.79 Å². The summed E-state index contributed by atoms with van der Waals surface area (Å²) in [6.07, 6.45) is 0.360. The van der Waals surface area contributed by atoms with Crippen LogP contribution in [0.3, 0.4) is 0 Å². The van der Waals surface area contributed by atoms with Crippen LogP contribution in [0.1, 0.15) is 41.6 Å². The predicted molar refractivity (Wildman–Crippen MR) is 135 cm³/mol. The molecule has 0 aromatic heterocycles. The molecule has 2 aliphatic rings. The maximum Gasteiger partial charge on any atom is 0.409 e. The summed E-state index contributed by atoms with van der Waals surface area (Å²) in [5.74, 6) is 0.731. The van der Waals surface area contributed by atoms with Crippen molar-refractivity contribution in [3.63, 3.8) is 0 Å². The van der Waals surface area contributed by atoms with E-state index in [2.05, 4.69) is 36.9 Å². The smallest absolute Gasteiger partial charge is 0.409 e. The van der Waals surface area contributed by atoms with Crippen LogP contribution in [0.15, 0.2) is 47.6 Å². The number of nitrogens with zero attached hydrogens (tertiary/aromatic N) is 4. The van der Waals surface area contributed by atoms with E-state index >= 15 is 0 Å². The molecule has 2 amide bonds. The molecule has 0 unspecified atom stereocenters. The molecule has 186 valence electrons. The third kappa shape index (κ3) is 5.65. The lowest BCUT2D eigenvalue weighted by atomic mass is 9.95. The maximum atomic E-state index is 13.5. The van der Waals surface area contributed by atoms with Crippen LogP contribution in [0, 0.1) is 13.8 Å². The summed E-state index contributed by atoms with van der Waals surface area (Å²) in [5, 5.41) is 6.49. The minimum Gasteiger partial charge on any atom is -0.497 e. The van der Waals surface area contributed by atoms with Gasteiger partial charge in [-0.05, 0) is 44.0 Å². The Morgan fingerprint density at radius 3 is 2.37 bits per heavy atom. The lowest BCUT2D eigenvalue weighted by molar-refractivity contribution is -0.134. The zero-order valence-electron chi connectivity index (χ0n) is 21.0. The first-order valence-corrected chi connectivity index (χ1v) is 12.1. The molecule has 1 saturated heterocycles. The van der Waals surface area contributed by atoms with E-state index in [-0.39, 0.29) is 24.6 Å². The Kier molecular flexibility index (Phi) is 7.70. The summed E-state index contributed by atoms with van der Waals surface area (Å²) < 4.78 is 10.4. The maximum absolute atomic E-state index is 13.5. The van der Waals surface area contributed by atoms with Crippen molar-refractivity contribution >= 4 is 17.7 Å². The summed E-state index contributed by atoms with van der Waals surface area (Å²) in [5.41, 5.74) is 5.37. The fraction of sp³-hybridized carbons (Fsp3) is 0.444. The highest BCUT2D eigenvalue weighted by Gasteiger charge is 2.35. The molecule has 0 bridgehead atoms. The van der Waals surface area contributed by atoms with Gasteiger partial charge in [0.2, 0.25) is 0 Å². The minimum absolute atomic E-state index is 0.0461. The van der Waals surface area contributed by atoms with Gasteiger partial charge < -0.3 is 14.4 Å². The van der Waals surface area contributed by atoms with E-state index in [0.29, 0.717) is 39.2 Å². The zero-order chi connectivity index (χ0) is 24.9. The number of piperazine rings is 1. The molecule has 0 radical (unpaired) electrons. The van der Waals surface area contributed by atoms with Gasteiger partial charge in [-0.15, -0.1) is 0 Å². The number of hydrazone groups is 1. The third-order valence-electron chi connectivity index (χ3n) is 6.62. The van der Waals surface area contributed by atoms with E-state index in [9.17, 15) is 9.59 Å². The highest BCUT2D eigenvalue weighted by Crippen LogP contribution is 2.34. The van der Waals surface area contributed by atoms with Gasteiger partial charge in [0.05, 0.1) is 32.0 Å². The van der Waals surface area contributed by atoms with Gasteiger partial charge in [-0.3, -0.25) is 9.69 Å². The van der Waals surface area contributed by atoms with E-state index in [4.69, 9.17) is 14.6 Å². The Balaban J connectivity index is 1.52. The second-order valence-corrected chi connectivity index (χ2v) is 9.06. The summed E-state index contributed by atoms with van der Waals surface area (Å²) >= 11 is 0. The summed E-state index contributed by atoms with van der Waals surface area (Å²) in [4.78, 5) is 29.3. The molecule has 4 rings (SSSR count). The number of aryl methyl sites for hydroxylation is 2. The first-order chi connectivity index (χ1) is 16.9. The first kappa shape index (κ1) is 24.7. The van der Waals surface area contributed by atoms with Crippen molar-refractivity contribution in [2.24, 2.45) is 5.10 Å². The predicted octanol–water partition coefficient (Wildman–Crippen LogP) is 3.76. The second kappa shape index (κ2) is 10.9. The first-order valence-electron chi connectivity index (χ1n) is 12.1. The molecule has 1 fully saturated rings. The molecule has 1 atom stereocenters. The van der Waals surface area contributed by atoms with E-state index in [0.717, 1.165) is 28.2 Å². The summed E-state index contributed by atoms with van der Waals surface area (Å²) in [6, 6.07) is 14.0. The van der Waals surface area contributed by atoms with Gasteiger partial charge in [0.15, 0.2) is 0 Å². The van der Waals surface area contributed by atoms with Crippen LogP contribution in [0.5, 0.6) is 5.75 Å². The van der Waals surface area contributed by atoms with Crippen molar-refractivity contribution in [1.82, 2.24) is 14.8 Å². The number of ether oxygens (including phenoxy) is 2. The molecule has 2 aromatic rings. The van der Waals surface area contributed by atoms with Gasteiger partial charge in [-0.1, -0.05) is 35.9 Å². The van der Waals surface area contributed by atoms with Gasteiger partial charge in [0, 0.05) is 38.2 Å². The second-order valence-electron chi connectivity index (χ2n) is 9.06. The molecule has 0 saturated carbocycles. The normalized spacial score (nSPS) is 18.4. The van der Waals surface area contributed by atoms with Crippen molar-refractivity contribution in [2.45, 2.75) is 33.2 Å². The SMILES string of the molecule is CCOC(=O)N1CCN(CC(=O)N2N=C(c3ccc(C)cc3C)C[C@H]2c2ccc(OC)cc2)CC1. The molecule has 8 heteroatoms. The van der Waals surface area contributed by atoms with Crippen molar-refractivity contribution in [3.8, 4) is 5.75 Å². The number of hydrogen-bond donors (Lipinski definition) is 0. The monoisotopic (exact) mass is 478 g/mol. The van der Waals surface area contributed by atoms with Crippen LogP contribution in [0.25, 0.3) is 0 Å². The van der Waals surface area contributed by atoms with Gasteiger partial charge in [0.1, 0.15) is 5.75 Å². The number of methoxy groups -OCH3 is 1. The van der Waals surface area contributed by atoms with Crippen molar-refractivity contribution in [2.75, 3.05) is 46.4 Å². The molecular weight excluding hydrogens is 444 g/mol. The number of benzene rings is 2. The van der Waals surface area contributed by atoms with E-state index in [1.165, 1.54) is 5.56 Å². The Labute approximate surface area is 207 Å². The fourth-order valence-electron chi connectivity index (χ4n) is 4.69. The summed E-state index contributed by atoms with van der Waals surface area (Å²) in [7, 11) is 1.64. The number of carbonyl (C=O) groups is 2. The number of amides is 2. The van der Waals surface area contributed by atoms with Crippen LogP contribution in [-0.4, -0.2) is 79.0 Å². The van der Waals surface area contributed by atoms with Gasteiger partial charge in [-0.25, -0.2) is 9.80 Å². The Morgan fingerprint density at radius 2 is 1.74 bits per heavy atom. The topological polar surface area (TPSA) is 74.7 Å². The fourth-order valence-corrected chi connectivity index (χ4v) is 4.69. The number of hydrogen-bond acceptors (Lipinski definition) is 6. The minimum atomic E-state index is -0.291. The standard InChI is InChI=1S/C27H34N4O4/c1-5-35-27(33)30-14-12-29(13-15-30)18-26(32)31-25(21-7-9-22(34-4)10-8-21)17-24(28-31)23-11-6-19(2)16-20(23)3/h6-11,16,25H,5,12-15,17-18H2,1-4H3/t25-/m0/s1. The van der Waals surface area contributed by atoms with Crippen molar-refractivity contribution < 1.29 is 19.1 Å². The Bertz CT molecular complexity index is 1090. The molecule has 35 heavy (non-hydrogen) atoms. The molecule has 2 aliphatic heterocycles. The number of rotatable bonds is 6. The van der Waals surface area contributed by atoms with Crippen molar-refractivity contribution in [1.29, 1.82) is 0 Å². The largest absolute Gasteiger partial charge is 0.497 e. The summed E-state index contributed by atoms with van der Waals surface area (Å²) in [6.45, 7) is 8.92. The molecular formula is C27H34N4O4. The lowest BCUT2D eigenvalue weighted by Crippen LogP contribution is -2.51. The molecule has 2 aromatic carbocycles. The lowest BCUT2D eigenvalue weighted by Gasteiger charge is -2.34. The van der Waals surface area contributed by atoms with E-state index in [1.807, 2.05) is 24.3 Å². The average Bonchev–Trinajstić information content (AvgIpc) is 3.30. The van der Waals surface area contributed by atoms with Crippen LogP contribution in [-0.2, 0) is 9.53 Å². The highest BCUT2D eigenvalue weighted by atomic mass is 16.6. The Hall–Kier alpha value is -3.39. The van der Waals surface area contributed by atoms with Crippen LogP contribution < -0.4 is 4.74 Å². The molecule has 2 heterocycles. The average molecular weight is 479 g/mol. The van der Waals surface area contributed by atoms with Crippen molar-refractivity contribution in [3.05, 3.63) is 64.7 Å². The highest BCUT2D eigenvalue weighted by molar-refractivity contribution is 6.04. The zero-order valence-corrected chi connectivity index (χ0v) is 21.0. The van der Waals surface area contributed by atoms with Gasteiger partial charge >= 0.3 is 6.09 Å². The van der Waals surface area contributed by atoms with Gasteiger partial charge in [0.25, 0.3) is 5.91 Å². The molecule has 0 aliphatic carbocycles.